The van der Waals surface area contributed by atoms with E-state index in [1.165, 1.54) is 11.8 Å². The molecule has 2 aliphatic heterocycles. The minimum Gasteiger partial charge on any atom is -0.464 e. The molecule has 1 aromatic heterocycles. The molecular weight excluding hydrogens is 372 g/mol. The molecule has 2 aliphatic rings. The zero-order chi connectivity index (χ0) is 18.2. The Morgan fingerprint density at radius 2 is 2.04 bits per heavy atom. The summed E-state index contributed by atoms with van der Waals surface area (Å²) in [6, 6.07) is 13.3. The van der Waals surface area contributed by atoms with Crippen LogP contribution in [0.5, 0.6) is 0 Å². The van der Waals surface area contributed by atoms with E-state index in [4.69, 9.17) is 8.60 Å². The van der Waals surface area contributed by atoms with E-state index in [0.29, 0.717) is 12.3 Å². The number of hydrogen-bond donors (Lipinski definition) is 0. The van der Waals surface area contributed by atoms with Crippen molar-refractivity contribution in [1.82, 2.24) is 4.90 Å². The largest absolute Gasteiger partial charge is 0.464 e. The van der Waals surface area contributed by atoms with Gasteiger partial charge in [-0.15, -0.1) is 0 Å². The molecule has 2 unspecified atom stereocenters. The number of furan rings is 1. The zero-order valence-corrected chi connectivity index (χ0v) is 16.0. The average Bonchev–Trinajstić information content (AvgIpc) is 3.16. The number of nitrogens with zero attached hydrogens (tertiary/aromatic N) is 2. The van der Waals surface area contributed by atoms with Crippen LogP contribution in [0.15, 0.2) is 58.1 Å². The third-order valence-corrected chi connectivity index (χ3v) is 6.45. The summed E-state index contributed by atoms with van der Waals surface area (Å²) in [7, 11) is -3.77. The second-order valence-corrected chi connectivity index (χ2v) is 9.04. The quantitative estimate of drug-likeness (QED) is 0.743. The van der Waals surface area contributed by atoms with Gasteiger partial charge in [-0.3, -0.25) is 4.99 Å². The van der Waals surface area contributed by atoms with Crippen LogP contribution in [-0.2, 0) is 20.0 Å². The summed E-state index contributed by atoms with van der Waals surface area (Å²) in [6.07, 6.45) is 4.49. The Kier molecular flexibility index (Phi) is 4.58. The number of aliphatic imine (C=N–C) groups is 1. The van der Waals surface area contributed by atoms with Crippen LogP contribution in [0, 0.1) is 0 Å². The Morgan fingerprint density at radius 1 is 1.23 bits per heavy atom. The lowest BCUT2D eigenvalue weighted by Gasteiger charge is -2.38. The van der Waals surface area contributed by atoms with Crippen molar-refractivity contribution in [2.24, 2.45) is 4.99 Å². The molecule has 0 amide bonds. The maximum absolute atomic E-state index is 12.3. The van der Waals surface area contributed by atoms with Gasteiger partial charge in [-0.2, -0.15) is 8.42 Å². The van der Waals surface area contributed by atoms with Gasteiger partial charge in [0.05, 0.1) is 17.8 Å². The fourth-order valence-corrected chi connectivity index (χ4v) is 5.77. The van der Waals surface area contributed by atoms with Gasteiger partial charge in [0.1, 0.15) is 0 Å². The number of benzene rings is 1. The molecule has 6 nitrogen and oxygen atoms in total. The highest BCUT2D eigenvalue weighted by atomic mass is 32.2. The van der Waals surface area contributed by atoms with Gasteiger partial charge in [-0.05, 0) is 30.5 Å². The summed E-state index contributed by atoms with van der Waals surface area (Å²) < 4.78 is 36.1. The van der Waals surface area contributed by atoms with Gasteiger partial charge in [0.25, 0.3) is 10.1 Å². The third-order valence-electron chi connectivity index (χ3n) is 4.50. The van der Waals surface area contributed by atoms with Crippen LogP contribution in [0.4, 0.5) is 0 Å². The van der Waals surface area contributed by atoms with Gasteiger partial charge in [0, 0.05) is 13.1 Å². The van der Waals surface area contributed by atoms with Crippen LogP contribution < -0.4 is 0 Å². The fraction of sp³-hybridized carbons (Fsp3) is 0.389. The molecule has 0 bridgehead atoms. The van der Waals surface area contributed by atoms with Crippen LogP contribution in [0.25, 0.3) is 0 Å². The molecule has 1 saturated heterocycles. The number of hydrogen-bond acceptors (Lipinski definition) is 7. The molecule has 0 N–H and O–H groups in total. The molecule has 1 fully saturated rings. The van der Waals surface area contributed by atoms with E-state index in [1.54, 1.807) is 18.4 Å². The Labute approximate surface area is 157 Å². The van der Waals surface area contributed by atoms with Crippen molar-refractivity contribution in [3.05, 3.63) is 60.1 Å². The zero-order valence-electron chi connectivity index (χ0n) is 14.4. The standard InChI is InChI=1S/C18H20N2O4S2/c1-26(21,22)24-18(15-10-7-13-23-15)16(14-8-3-2-4-9-14)25-17-19-11-5-6-12-20(17)18/h2-4,7-10,13,16H,5-6,11-12H2,1H3. The smallest absolute Gasteiger partial charge is 0.267 e. The Hall–Kier alpha value is -1.77. The molecule has 1 aromatic carbocycles. The summed E-state index contributed by atoms with van der Waals surface area (Å²) in [5.41, 5.74) is -0.319. The van der Waals surface area contributed by atoms with Crippen molar-refractivity contribution in [2.75, 3.05) is 19.3 Å². The summed E-state index contributed by atoms with van der Waals surface area (Å²) >= 11 is 1.53. The molecule has 0 radical (unpaired) electrons. The van der Waals surface area contributed by atoms with Crippen LogP contribution in [0.1, 0.15) is 29.4 Å². The summed E-state index contributed by atoms with van der Waals surface area (Å²) in [5, 5.41) is 0.484. The SMILES string of the molecule is CS(=O)(=O)OC1(c2ccco2)C(c2ccccc2)SC2=NCCCCN21. The Bertz CT molecular complexity index is 897. The first kappa shape index (κ1) is 17.6. The molecule has 0 aliphatic carbocycles. The number of fused-ring (bicyclic) bond motifs is 1. The second kappa shape index (κ2) is 6.75. The van der Waals surface area contributed by atoms with E-state index in [9.17, 15) is 8.42 Å². The lowest BCUT2D eigenvalue weighted by molar-refractivity contribution is -0.0567. The maximum atomic E-state index is 12.3. The molecular formula is C18H20N2O4S2. The molecule has 26 heavy (non-hydrogen) atoms. The normalized spacial score (nSPS) is 26.3. The Balaban J connectivity index is 1.95. The molecule has 2 aromatic rings. The van der Waals surface area contributed by atoms with Crippen molar-refractivity contribution in [1.29, 1.82) is 0 Å². The first-order chi connectivity index (χ1) is 12.5. The topological polar surface area (TPSA) is 72.1 Å². The van der Waals surface area contributed by atoms with Gasteiger partial charge in [0.2, 0.25) is 5.72 Å². The number of rotatable bonds is 4. The van der Waals surface area contributed by atoms with Crippen molar-refractivity contribution < 1.29 is 17.0 Å². The molecule has 3 heterocycles. The average molecular weight is 393 g/mol. The van der Waals surface area contributed by atoms with Crippen molar-refractivity contribution in [3.8, 4) is 0 Å². The van der Waals surface area contributed by atoms with Gasteiger partial charge in [-0.1, -0.05) is 42.1 Å². The highest BCUT2D eigenvalue weighted by Crippen LogP contribution is 2.57. The molecule has 138 valence electrons. The van der Waals surface area contributed by atoms with Crippen LogP contribution in [0.2, 0.25) is 0 Å². The van der Waals surface area contributed by atoms with Gasteiger partial charge in [0.15, 0.2) is 10.9 Å². The number of amidine groups is 1. The molecule has 0 spiro atoms. The minimum atomic E-state index is -3.77. The highest BCUT2D eigenvalue weighted by molar-refractivity contribution is 8.14. The van der Waals surface area contributed by atoms with Gasteiger partial charge >= 0.3 is 0 Å². The van der Waals surface area contributed by atoms with Gasteiger partial charge in [-0.25, -0.2) is 4.18 Å². The van der Waals surface area contributed by atoms with Gasteiger partial charge < -0.3 is 9.32 Å². The molecule has 4 rings (SSSR count). The number of thioether (sulfide) groups is 1. The molecule has 2 atom stereocenters. The fourth-order valence-electron chi connectivity index (χ4n) is 3.50. The minimum absolute atomic E-state index is 0.318. The van der Waals surface area contributed by atoms with Crippen LogP contribution >= 0.6 is 11.8 Å². The summed E-state index contributed by atoms with van der Waals surface area (Å²) in [6.45, 7) is 1.39. The first-order valence-corrected chi connectivity index (χ1v) is 11.2. The Morgan fingerprint density at radius 3 is 2.73 bits per heavy atom. The monoisotopic (exact) mass is 392 g/mol. The third kappa shape index (κ3) is 3.06. The predicted molar refractivity (Wildman–Crippen MR) is 101 cm³/mol. The van der Waals surface area contributed by atoms with E-state index in [-0.39, 0.29) is 5.25 Å². The van der Waals surface area contributed by atoms with Crippen LogP contribution in [-0.4, -0.2) is 37.8 Å². The first-order valence-electron chi connectivity index (χ1n) is 8.49. The van der Waals surface area contributed by atoms with Crippen LogP contribution in [0.3, 0.4) is 0 Å². The van der Waals surface area contributed by atoms with Crippen molar-refractivity contribution in [3.63, 3.8) is 0 Å². The van der Waals surface area contributed by atoms with E-state index in [1.807, 2.05) is 35.2 Å². The predicted octanol–water partition coefficient (Wildman–Crippen LogP) is 3.35. The summed E-state index contributed by atoms with van der Waals surface area (Å²) in [4.78, 5) is 6.65. The summed E-state index contributed by atoms with van der Waals surface area (Å²) in [5.74, 6) is 0.469. The second-order valence-electron chi connectivity index (χ2n) is 6.39. The van der Waals surface area contributed by atoms with E-state index in [2.05, 4.69) is 4.99 Å². The van der Waals surface area contributed by atoms with E-state index >= 15 is 0 Å². The van der Waals surface area contributed by atoms with E-state index < -0.39 is 15.8 Å². The van der Waals surface area contributed by atoms with E-state index in [0.717, 1.165) is 36.4 Å². The molecule has 0 saturated carbocycles. The highest BCUT2D eigenvalue weighted by Gasteiger charge is 2.59. The maximum Gasteiger partial charge on any atom is 0.267 e. The molecule has 8 heteroatoms. The van der Waals surface area contributed by atoms with Crippen molar-refractivity contribution in [2.45, 2.75) is 23.8 Å². The van der Waals surface area contributed by atoms with Crippen molar-refractivity contribution >= 4 is 27.0 Å². The lowest BCUT2D eigenvalue weighted by Crippen LogP contribution is -2.49. The lowest BCUT2D eigenvalue weighted by atomic mass is 9.97.